The average Bonchev–Trinajstić information content (AvgIpc) is 3.10. The Hall–Kier alpha value is -3.26. The van der Waals surface area contributed by atoms with Crippen molar-refractivity contribution >= 4 is 46.1 Å². The van der Waals surface area contributed by atoms with Crippen molar-refractivity contribution in [3.63, 3.8) is 0 Å². The number of nitrogens with one attached hydrogen (secondary N) is 3. The van der Waals surface area contributed by atoms with Gasteiger partial charge >= 0.3 is 12.1 Å². The average molecular weight is 471 g/mol. The van der Waals surface area contributed by atoms with Gasteiger partial charge in [0.15, 0.2) is 10.8 Å². The largest absolute Gasteiger partial charge is 0.478 e. The third-order valence-electron chi connectivity index (χ3n) is 4.00. The van der Waals surface area contributed by atoms with Gasteiger partial charge in [-0.3, -0.25) is 14.9 Å². The van der Waals surface area contributed by atoms with E-state index in [9.17, 15) is 24.3 Å². The predicted molar refractivity (Wildman–Crippen MR) is 114 cm³/mol. The molecule has 1 fully saturated rings. The molecule has 14 heteroatoms. The van der Waals surface area contributed by atoms with E-state index in [0.29, 0.717) is 0 Å². The van der Waals surface area contributed by atoms with Crippen molar-refractivity contribution in [2.24, 2.45) is 10.9 Å². The normalized spacial score (nSPS) is 18.8. The predicted octanol–water partition coefficient (Wildman–Crippen LogP) is 0.0159. The number of carbonyl (C=O) groups is 4. The molecule has 3 amide bonds. The Morgan fingerprint density at radius 2 is 1.97 bits per heavy atom. The molecule has 6 N–H and O–H groups in total. The number of aromatic nitrogens is 1. The van der Waals surface area contributed by atoms with Gasteiger partial charge in [0.1, 0.15) is 17.3 Å². The van der Waals surface area contributed by atoms with Crippen LogP contribution in [0.4, 0.5) is 9.93 Å². The Balaban J connectivity index is 2.26. The van der Waals surface area contributed by atoms with Crippen molar-refractivity contribution in [1.82, 2.24) is 15.6 Å². The molecular formula is C18H26N6O7S. The van der Waals surface area contributed by atoms with Crippen molar-refractivity contribution in [2.45, 2.75) is 57.9 Å². The minimum atomic E-state index is -1.74. The molecule has 0 saturated carbocycles. The number of hydrogen-bond acceptors (Lipinski definition) is 10. The van der Waals surface area contributed by atoms with E-state index in [2.05, 4.69) is 26.1 Å². The first-order valence-corrected chi connectivity index (χ1v) is 10.4. The quantitative estimate of drug-likeness (QED) is 0.198. The Morgan fingerprint density at radius 1 is 1.31 bits per heavy atom. The van der Waals surface area contributed by atoms with E-state index < -0.39 is 47.2 Å². The first-order valence-electron chi connectivity index (χ1n) is 9.50. The minimum absolute atomic E-state index is 0.0104. The summed E-state index contributed by atoms with van der Waals surface area (Å²) in [4.78, 5) is 57.0. The number of β-lactam (4-membered cyclic amide) rings is 1. The van der Waals surface area contributed by atoms with E-state index in [1.54, 1.807) is 20.8 Å². The monoisotopic (exact) mass is 470 g/mol. The number of rotatable bonds is 8. The first-order chi connectivity index (χ1) is 14.7. The van der Waals surface area contributed by atoms with E-state index in [4.69, 9.17) is 15.3 Å². The lowest BCUT2D eigenvalue weighted by molar-refractivity contribution is -0.161. The fourth-order valence-corrected chi connectivity index (χ4v) is 2.93. The van der Waals surface area contributed by atoms with E-state index in [1.165, 1.54) is 19.2 Å². The standard InChI is InChI=1S/C18H26N6O7S/c1-17(2,3)30-16(29)23-15-21-9(7-32-15)11(24-31-18(4,5)14(27)28)13(26)22-10-8(6-19)20-12(10)25/h7-8,10H,6,19H2,1-5H3,(H,20,25)(H,22,26)(H,27,28)(H,21,23,29)/t8-,10+/m1/s1. The maximum Gasteiger partial charge on any atom is 0.413 e. The van der Waals surface area contributed by atoms with Crippen LogP contribution in [0.25, 0.3) is 0 Å². The summed E-state index contributed by atoms with van der Waals surface area (Å²) in [5, 5.41) is 21.9. The van der Waals surface area contributed by atoms with E-state index in [0.717, 1.165) is 11.3 Å². The molecule has 13 nitrogen and oxygen atoms in total. The molecule has 32 heavy (non-hydrogen) atoms. The van der Waals surface area contributed by atoms with Crippen LogP contribution >= 0.6 is 11.3 Å². The minimum Gasteiger partial charge on any atom is -0.478 e. The summed E-state index contributed by atoms with van der Waals surface area (Å²) in [5.74, 6) is -2.57. The lowest BCUT2D eigenvalue weighted by atomic mass is 9.99. The maximum atomic E-state index is 12.8. The van der Waals surface area contributed by atoms with Gasteiger partial charge in [-0.25, -0.2) is 14.6 Å². The van der Waals surface area contributed by atoms with Gasteiger partial charge in [0, 0.05) is 11.9 Å². The second kappa shape index (κ2) is 9.48. The van der Waals surface area contributed by atoms with Crippen LogP contribution in [0.2, 0.25) is 0 Å². The molecule has 0 unspecified atom stereocenters. The zero-order valence-corrected chi connectivity index (χ0v) is 19.0. The van der Waals surface area contributed by atoms with Crippen molar-refractivity contribution in [2.75, 3.05) is 11.9 Å². The summed E-state index contributed by atoms with van der Waals surface area (Å²) in [6.45, 7) is 7.68. The van der Waals surface area contributed by atoms with E-state index in [-0.39, 0.29) is 23.1 Å². The summed E-state index contributed by atoms with van der Waals surface area (Å²) in [7, 11) is 0. The number of carbonyl (C=O) groups excluding carboxylic acids is 3. The van der Waals surface area contributed by atoms with Gasteiger partial charge < -0.3 is 31.0 Å². The molecule has 1 aromatic heterocycles. The third kappa shape index (κ3) is 6.37. The molecule has 1 saturated heterocycles. The number of thiazole rings is 1. The fourth-order valence-electron chi connectivity index (χ4n) is 2.25. The molecule has 2 rings (SSSR count). The van der Waals surface area contributed by atoms with Gasteiger partial charge in [-0.2, -0.15) is 0 Å². The van der Waals surface area contributed by atoms with Crippen molar-refractivity contribution < 1.29 is 33.9 Å². The molecule has 0 spiro atoms. The summed E-state index contributed by atoms with van der Waals surface area (Å²) < 4.78 is 5.15. The molecule has 2 heterocycles. The number of aliphatic carboxylic acids is 1. The lowest BCUT2D eigenvalue weighted by Gasteiger charge is -2.36. The van der Waals surface area contributed by atoms with Crippen LogP contribution in [0.5, 0.6) is 0 Å². The molecular weight excluding hydrogens is 444 g/mol. The SMILES string of the molecule is CC(C)(C)OC(=O)Nc1nc(C(=NOC(C)(C)C(=O)O)C(=O)N[C@@H]2C(=O)N[C@@H]2CN)cs1. The zero-order valence-electron chi connectivity index (χ0n) is 18.2. The number of nitrogens with two attached hydrogens (primary N) is 1. The van der Waals surface area contributed by atoms with Crippen LogP contribution in [-0.2, 0) is 24.0 Å². The number of anilines is 1. The number of carboxylic acids is 1. The topological polar surface area (TPSA) is 194 Å². The second-order valence-corrected chi connectivity index (χ2v) is 9.17. The molecule has 2 atom stereocenters. The number of ether oxygens (including phenoxy) is 1. The van der Waals surface area contributed by atoms with Crippen LogP contribution in [0, 0.1) is 0 Å². The van der Waals surface area contributed by atoms with Gasteiger partial charge in [0.05, 0.1) is 6.04 Å². The fraction of sp³-hybridized carbons (Fsp3) is 0.556. The highest BCUT2D eigenvalue weighted by molar-refractivity contribution is 7.14. The molecule has 0 bridgehead atoms. The number of oxime groups is 1. The summed E-state index contributed by atoms with van der Waals surface area (Å²) in [6, 6.07) is -1.34. The van der Waals surface area contributed by atoms with Gasteiger partial charge in [-0.15, -0.1) is 11.3 Å². The zero-order chi connectivity index (χ0) is 24.3. The maximum absolute atomic E-state index is 12.8. The summed E-state index contributed by atoms with van der Waals surface area (Å²) in [5.41, 5.74) is 2.68. The highest BCUT2D eigenvalue weighted by Crippen LogP contribution is 2.19. The van der Waals surface area contributed by atoms with Gasteiger partial charge in [-0.1, -0.05) is 5.16 Å². The van der Waals surface area contributed by atoms with E-state index >= 15 is 0 Å². The van der Waals surface area contributed by atoms with Gasteiger partial charge in [0.2, 0.25) is 11.5 Å². The lowest BCUT2D eigenvalue weighted by Crippen LogP contribution is -2.71. The molecule has 1 aliphatic rings. The van der Waals surface area contributed by atoms with E-state index in [1.807, 2.05) is 0 Å². The molecule has 0 aromatic carbocycles. The Labute approximate surface area is 187 Å². The van der Waals surface area contributed by atoms with Gasteiger partial charge in [-0.05, 0) is 34.6 Å². The van der Waals surface area contributed by atoms with Crippen molar-refractivity contribution in [3.05, 3.63) is 11.1 Å². The highest BCUT2D eigenvalue weighted by atomic mass is 32.1. The molecule has 0 aliphatic carbocycles. The number of amides is 3. The van der Waals surface area contributed by atoms with Gasteiger partial charge in [0.25, 0.3) is 5.91 Å². The number of hydrogen-bond donors (Lipinski definition) is 5. The second-order valence-electron chi connectivity index (χ2n) is 8.31. The molecule has 1 aromatic rings. The number of nitrogens with zero attached hydrogens (tertiary/aromatic N) is 2. The molecule has 0 radical (unpaired) electrons. The summed E-state index contributed by atoms with van der Waals surface area (Å²) >= 11 is 0.978. The van der Waals surface area contributed by atoms with Crippen LogP contribution in [0.15, 0.2) is 10.5 Å². The number of carboxylic acid groups (broad SMARTS) is 1. The Bertz CT molecular complexity index is 936. The van der Waals surface area contributed by atoms with Crippen LogP contribution in [0.1, 0.15) is 40.3 Å². The Morgan fingerprint density at radius 3 is 2.50 bits per heavy atom. The molecule has 1 aliphatic heterocycles. The summed E-state index contributed by atoms with van der Waals surface area (Å²) in [6.07, 6.45) is -0.749. The van der Waals surface area contributed by atoms with Crippen LogP contribution in [-0.4, -0.2) is 69.5 Å². The first kappa shape index (κ1) is 25.0. The molecule has 176 valence electrons. The van der Waals surface area contributed by atoms with Crippen LogP contribution < -0.4 is 21.7 Å². The smallest absolute Gasteiger partial charge is 0.413 e. The highest BCUT2D eigenvalue weighted by Gasteiger charge is 2.40. The Kier molecular flexibility index (Phi) is 7.41. The third-order valence-corrected chi connectivity index (χ3v) is 4.76. The van der Waals surface area contributed by atoms with Crippen molar-refractivity contribution in [3.8, 4) is 0 Å². The van der Waals surface area contributed by atoms with Crippen LogP contribution in [0.3, 0.4) is 0 Å². The van der Waals surface area contributed by atoms with Crippen molar-refractivity contribution in [1.29, 1.82) is 0 Å².